The maximum absolute atomic E-state index is 13.8. The maximum atomic E-state index is 13.8. The fourth-order valence-electron chi connectivity index (χ4n) is 2.44. The molecule has 3 N–H and O–H groups in total. The number of hydrogen-bond acceptors (Lipinski definition) is 3. The van der Waals surface area contributed by atoms with Crippen molar-refractivity contribution < 1.29 is 18.8 Å². The third kappa shape index (κ3) is 6.94. The predicted octanol–water partition coefficient (Wildman–Crippen LogP) is 0.385. The predicted molar refractivity (Wildman–Crippen MR) is 90.3 cm³/mol. The van der Waals surface area contributed by atoms with Crippen LogP contribution in [0.2, 0.25) is 0 Å². The quantitative estimate of drug-likeness (QED) is 0.641. The van der Waals surface area contributed by atoms with Gasteiger partial charge >= 0.3 is 0 Å². The molecule has 1 atom stereocenters. The molecule has 0 saturated carbocycles. The van der Waals surface area contributed by atoms with Crippen molar-refractivity contribution in [1.82, 2.24) is 5.32 Å². The molecule has 5 nitrogen and oxygen atoms in total. The zero-order valence-corrected chi connectivity index (χ0v) is 14.0. The van der Waals surface area contributed by atoms with Crippen molar-refractivity contribution >= 4 is 30.9 Å². The lowest BCUT2D eigenvalue weighted by Gasteiger charge is -2.18. The van der Waals surface area contributed by atoms with Crippen LogP contribution in [0.25, 0.3) is 0 Å². The van der Waals surface area contributed by atoms with E-state index in [2.05, 4.69) is 5.32 Å². The van der Waals surface area contributed by atoms with Crippen LogP contribution in [0, 0.1) is 17.7 Å². The first-order valence-corrected chi connectivity index (χ1v) is 7.80. The first-order chi connectivity index (χ1) is 11.2. The van der Waals surface area contributed by atoms with Gasteiger partial charge in [0.2, 0.25) is 11.8 Å². The Morgan fingerprint density at radius 3 is 2.50 bits per heavy atom. The average molecular weight is 332 g/mol. The molecule has 0 aliphatic heterocycles. The first-order valence-electron chi connectivity index (χ1n) is 7.80. The number of nitrogens with two attached hydrogens (primary N) is 1. The summed E-state index contributed by atoms with van der Waals surface area (Å²) in [6, 6.07) is 4.15. The number of rotatable bonds is 9. The van der Waals surface area contributed by atoms with Gasteiger partial charge in [0, 0.05) is 18.8 Å². The van der Waals surface area contributed by atoms with Crippen molar-refractivity contribution in [2.45, 2.75) is 33.1 Å². The second-order valence-corrected chi connectivity index (χ2v) is 6.28. The highest BCUT2D eigenvalue weighted by atomic mass is 19.1. The van der Waals surface area contributed by atoms with Crippen LogP contribution in [-0.4, -0.2) is 32.0 Å². The van der Waals surface area contributed by atoms with Crippen molar-refractivity contribution in [3.05, 3.63) is 29.6 Å². The molecule has 0 heterocycles. The number of ketones is 1. The van der Waals surface area contributed by atoms with E-state index in [1.807, 2.05) is 13.8 Å². The molecule has 1 aromatic rings. The third-order valence-corrected chi connectivity index (χ3v) is 3.50. The number of primary amides is 1. The summed E-state index contributed by atoms with van der Waals surface area (Å²) in [5.74, 6) is -2.22. The summed E-state index contributed by atoms with van der Waals surface area (Å²) >= 11 is 0. The van der Waals surface area contributed by atoms with Gasteiger partial charge in [-0.3, -0.25) is 14.4 Å². The summed E-state index contributed by atoms with van der Waals surface area (Å²) in [6.45, 7) is 3.59. The van der Waals surface area contributed by atoms with E-state index in [1.165, 1.54) is 12.1 Å². The summed E-state index contributed by atoms with van der Waals surface area (Å²) in [5.41, 5.74) is 5.53. The zero-order chi connectivity index (χ0) is 18.3. The minimum atomic E-state index is -0.651. The molecule has 2 radical (unpaired) electrons. The molecule has 1 aromatic carbocycles. The van der Waals surface area contributed by atoms with Crippen molar-refractivity contribution in [1.29, 1.82) is 0 Å². The lowest BCUT2D eigenvalue weighted by atomic mass is 9.89. The van der Waals surface area contributed by atoms with Gasteiger partial charge in [0.15, 0.2) is 0 Å². The lowest BCUT2D eigenvalue weighted by molar-refractivity contribution is -0.131. The second kappa shape index (κ2) is 9.20. The summed E-state index contributed by atoms with van der Waals surface area (Å²) in [6.07, 6.45) is 0.358. The van der Waals surface area contributed by atoms with Gasteiger partial charge in [-0.05, 0) is 24.0 Å². The van der Waals surface area contributed by atoms with E-state index >= 15 is 0 Å². The highest BCUT2D eigenvalue weighted by Gasteiger charge is 2.23. The van der Waals surface area contributed by atoms with Crippen LogP contribution in [0.1, 0.15) is 32.3 Å². The molecule has 128 valence electrons. The molecule has 7 heteroatoms. The molecule has 0 aliphatic carbocycles. The van der Waals surface area contributed by atoms with E-state index in [-0.39, 0.29) is 42.1 Å². The number of carbonyl (C=O) groups excluding carboxylic acids is 3. The third-order valence-electron chi connectivity index (χ3n) is 3.50. The van der Waals surface area contributed by atoms with Crippen LogP contribution in [-0.2, 0) is 20.8 Å². The van der Waals surface area contributed by atoms with Crippen LogP contribution in [0.5, 0.6) is 0 Å². The molecule has 0 saturated heterocycles. The van der Waals surface area contributed by atoms with Crippen LogP contribution >= 0.6 is 0 Å². The molecule has 0 aromatic heterocycles. The summed E-state index contributed by atoms with van der Waals surface area (Å²) in [7, 11) is 5.48. The standard InChI is InChI=1S/C17H22BFN2O3/c1-10(2)5-12(17(24)21-9-16(20)23)7-14(22)6-11-3-4-13(18)8-15(11)19/h3-4,8,10,12H,5-7,9H2,1-2H3,(H2,20,23)(H,21,24)/t12-/m1/s1. The summed E-state index contributed by atoms with van der Waals surface area (Å²) < 4.78 is 13.8. The van der Waals surface area contributed by atoms with Gasteiger partial charge < -0.3 is 11.1 Å². The number of amides is 2. The molecule has 0 bridgehead atoms. The molecule has 0 unspecified atom stereocenters. The van der Waals surface area contributed by atoms with Crippen LogP contribution in [0.4, 0.5) is 4.39 Å². The Bertz CT molecular complexity index is 620. The fraction of sp³-hybridized carbons (Fsp3) is 0.471. The summed E-state index contributed by atoms with van der Waals surface area (Å²) in [5, 5.41) is 2.42. The van der Waals surface area contributed by atoms with E-state index in [4.69, 9.17) is 13.6 Å². The highest BCUT2D eigenvalue weighted by Crippen LogP contribution is 2.18. The molecular formula is C17H22BFN2O3. The van der Waals surface area contributed by atoms with Gasteiger partial charge in [-0.1, -0.05) is 31.4 Å². The second-order valence-electron chi connectivity index (χ2n) is 6.28. The molecule has 2 amide bonds. The topological polar surface area (TPSA) is 89.3 Å². The average Bonchev–Trinajstić information content (AvgIpc) is 2.46. The Labute approximate surface area is 142 Å². The molecule has 0 spiro atoms. The van der Waals surface area contributed by atoms with Crippen molar-refractivity contribution in [3.63, 3.8) is 0 Å². The normalized spacial score (nSPS) is 12.0. The minimum Gasteiger partial charge on any atom is -0.368 e. The Hall–Kier alpha value is -2.18. The van der Waals surface area contributed by atoms with Gasteiger partial charge in [0.1, 0.15) is 19.4 Å². The first kappa shape index (κ1) is 19.9. The van der Waals surface area contributed by atoms with E-state index in [9.17, 15) is 18.8 Å². The van der Waals surface area contributed by atoms with Crippen LogP contribution in [0.15, 0.2) is 18.2 Å². The van der Waals surface area contributed by atoms with Gasteiger partial charge in [0.05, 0.1) is 6.54 Å². The van der Waals surface area contributed by atoms with E-state index in [0.29, 0.717) is 6.42 Å². The molecule has 1 rings (SSSR count). The Kier molecular flexibility index (Phi) is 7.62. The van der Waals surface area contributed by atoms with Crippen molar-refractivity contribution in [2.75, 3.05) is 6.54 Å². The molecular weight excluding hydrogens is 310 g/mol. The maximum Gasteiger partial charge on any atom is 0.236 e. The number of nitrogens with one attached hydrogen (secondary N) is 1. The lowest BCUT2D eigenvalue weighted by Crippen LogP contribution is -2.38. The highest BCUT2D eigenvalue weighted by molar-refractivity contribution is 6.32. The fourth-order valence-corrected chi connectivity index (χ4v) is 2.44. The summed E-state index contributed by atoms with van der Waals surface area (Å²) in [4.78, 5) is 35.1. The Balaban J connectivity index is 2.72. The van der Waals surface area contributed by atoms with Crippen LogP contribution < -0.4 is 16.5 Å². The van der Waals surface area contributed by atoms with Crippen molar-refractivity contribution in [2.24, 2.45) is 17.6 Å². The van der Waals surface area contributed by atoms with Crippen LogP contribution in [0.3, 0.4) is 0 Å². The van der Waals surface area contributed by atoms with Gasteiger partial charge in [-0.25, -0.2) is 4.39 Å². The zero-order valence-electron chi connectivity index (χ0n) is 14.0. The monoisotopic (exact) mass is 332 g/mol. The van der Waals surface area contributed by atoms with Gasteiger partial charge in [-0.15, -0.1) is 0 Å². The molecule has 0 aliphatic rings. The Morgan fingerprint density at radius 2 is 1.96 bits per heavy atom. The van der Waals surface area contributed by atoms with E-state index in [1.54, 1.807) is 0 Å². The number of hydrogen-bond donors (Lipinski definition) is 2. The number of carbonyl (C=O) groups is 3. The number of halogens is 1. The number of Topliss-reactive ketones (excluding diaryl/α,β-unsaturated/α-hetero) is 1. The number of benzene rings is 1. The van der Waals surface area contributed by atoms with E-state index in [0.717, 1.165) is 6.07 Å². The van der Waals surface area contributed by atoms with Gasteiger partial charge in [0.25, 0.3) is 0 Å². The van der Waals surface area contributed by atoms with Crippen molar-refractivity contribution in [3.8, 4) is 0 Å². The van der Waals surface area contributed by atoms with E-state index < -0.39 is 23.5 Å². The smallest absolute Gasteiger partial charge is 0.236 e. The largest absolute Gasteiger partial charge is 0.368 e. The molecule has 0 fully saturated rings. The Morgan fingerprint density at radius 1 is 1.29 bits per heavy atom. The molecule has 24 heavy (non-hydrogen) atoms. The van der Waals surface area contributed by atoms with Gasteiger partial charge in [-0.2, -0.15) is 0 Å². The minimum absolute atomic E-state index is 0.0212. The SMILES string of the molecule is [B]c1ccc(CC(=O)C[C@@H](CC(C)C)C(=O)NCC(N)=O)c(F)c1.